The Labute approximate surface area is 187 Å². The molecule has 158 valence electrons. The van der Waals surface area contributed by atoms with Crippen LogP contribution >= 0.6 is 11.6 Å². The number of fused-ring (bicyclic) bond motifs is 3. The second kappa shape index (κ2) is 7.77. The van der Waals surface area contributed by atoms with Crippen molar-refractivity contribution < 1.29 is 13.6 Å². The smallest absolute Gasteiger partial charge is 0.249 e. The lowest BCUT2D eigenvalue weighted by atomic mass is 10.0. The van der Waals surface area contributed by atoms with E-state index in [1.807, 2.05) is 53.1 Å². The number of hydrogen-bond donors (Lipinski definition) is 1. The molecule has 4 aromatic carbocycles. The van der Waals surface area contributed by atoms with E-state index in [-0.39, 0.29) is 0 Å². The minimum atomic E-state index is -0.900. The molecular weight excluding hydrogens is 430 g/mol. The van der Waals surface area contributed by atoms with E-state index in [4.69, 9.17) is 17.3 Å². The van der Waals surface area contributed by atoms with Crippen LogP contribution in [0.1, 0.15) is 15.9 Å². The Morgan fingerprint density at radius 2 is 1.59 bits per heavy atom. The maximum atomic E-state index is 13.9. The first-order valence-electron chi connectivity index (χ1n) is 9.97. The molecule has 0 atom stereocenters. The van der Waals surface area contributed by atoms with Gasteiger partial charge in [0.1, 0.15) is 0 Å². The van der Waals surface area contributed by atoms with Crippen LogP contribution in [-0.4, -0.2) is 10.5 Å². The van der Waals surface area contributed by atoms with Crippen molar-refractivity contribution in [3.63, 3.8) is 0 Å². The topological polar surface area (TPSA) is 48.0 Å². The number of aromatic nitrogens is 1. The van der Waals surface area contributed by atoms with Crippen LogP contribution in [0.15, 0.2) is 78.9 Å². The van der Waals surface area contributed by atoms with Crippen molar-refractivity contribution in [2.45, 2.75) is 6.54 Å². The van der Waals surface area contributed by atoms with Crippen molar-refractivity contribution in [2.75, 3.05) is 0 Å². The molecule has 0 aliphatic carbocycles. The van der Waals surface area contributed by atoms with Gasteiger partial charge in [-0.1, -0.05) is 48.0 Å². The molecule has 1 aromatic heterocycles. The van der Waals surface area contributed by atoms with E-state index in [1.54, 1.807) is 18.2 Å². The number of amides is 1. The second-order valence-corrected chi connectivity index (χ2v) is 8.07. The number of nitrogens with two attached hydrogens (primary N) is 1. The summed E-state index contributed by atoms with van der Waals surface area (Å²) in [6.07, 6.45) is 0. The van der Waals surface area contributed by atoms with E-state index >= 15 is 0 Å². The van der Waals surface area contributed by atoms with Crippen molar-refractivity contribution in [3.05, 3.63) is 107 Å². The minimum absolute atomic E-state index is 0.295. The van der Waals surface area contributed by atoms with Crippen molar-refractivity contribution in [1.29, 1.82) is 0 Å². The van der Waals surface area contributed by atoms with Crippen molar-refractivity contribution in [2.24, 2.45) is 5.73 Å². The third-order valence-corrected chi connectivity index (χ3v) is 5.91. The van der Waals surface area contributed by atoms with Crippen LogP contribution in [0, 0.1) is 11.6 Å². The van der Waals surface area contributed by atoms with Gasteiger partial charge in [0.25, 0.3) is 0 Å². The van der Waals surface area contributed by atoms with Gasteiger partial charge in [0.05, 0.1) is 11.0 Å². The maximum Gasteiger partial charge on any atom is 0.249 e. The molecule has 0 saturated carbocycles. The molecule has 0 spiro atoms. The van der Waals surface area contributed by atoms with Gasteiger partial charge in [-0.15, -0.1) is 0 Å². The molecule has 0 fully saturated rings. The monoisotopic (exact) mass is 446 g/mol. The zero-order chi connectivity index (χ0) is 22.4. The number of benzene rings is 4. The molecule has 1 heterocycles. The molecule has 0 bridgehead atoms. The van der Waals surface area contributed by atoms with Crippen LogP contribution in [0.5, 0.6) is 0 Å². The molecule has 0 aliphatic rings. The molecule has 6 heteroatoms. The first-order valence-corrected chi connectivity index (χ1v) is 10.3. The Bertz CT molecular complexity index is 1510. The number of hydrogen-bond acceptors (Lipinski definition) is 1. The Kier molecular flexibility index (Phi) is 4.91. The number of carbonyl (C=O) groups is 1. The second-order valence-electron chi connectivity index (χ2n) is 7.64. The van der Waals surface area contributed by atoms with Gasteiger partial charge in [0.2, 0.25) is 5.91 Å². The van der Waals surface area contributed by atoms with E-state index < -0.39 is 17.5 Å². The van der Waals surface area contributed by atoms with Gasteiger partial charge in [0, 0.05) is 27.9 Å². The highest BCUT2D eigenvalue weighted by Crippen LogP contribution is 2.35. The average Bonchev–Trinajstić information content (AvgIpc) is 3.10. The predicted molar refractivity (Wildman–Crippen MR) is 124 cm³/mol. The average molecular weight is 447 g/mol. The normalized spacial score (nSPS) is 11.3. The van der Waals surface area contributed by atoms with Crippen LogP contribution in [0.25, 0.3) is 32.9 Å². The molecular formula is C26H17ClF2N2O. The third kappa shape index (κ3) is 3.41. The molecule has 0 aliphatic heterocycles. The summed E-state index contributed by atoms with van der Waals surface area (Å²) in [6.45, 7) is 0.295. The van der Waals surface area contributed by atoms with E-state index in [1.165, 1.54) is 6.07 Å². The van der Waals surface area contributed by atoms with Gasteiger partial charge in [0.15, 0.2) is 11.6 Å². The first kappa shape index (κ1) is 20.2. The zero-order valence-electron chi connectivity index (χ0n) is 16.8. The van der Waals surface area contributed by atoms with E-state index in [9.17, 15) is 13.6 Å². The van der Waals surface area contributed by atoms with Crippen LogP contribution in [0.3, 0.4) is 0 Å². The highest BCUT2D eigenvalue weighted by Gasteiger charge is 2.17. The van der Waals surface area contributed by atoms with Crippen LogP contribution < -0.4 is 5.73 Å². The van der Waals surface area contributed by atoms with Crippen molar-refractivity contribution in [1.82, 2.24) is 4.57 Å². The summed E-state index contributed by atoms with van der Waals surface area (Å²) in [5, 5.41) is 2.24. The highest BCUT2D eigenvalue weighted by molar-refractivity contribution is 6.30. The Balaban J connectivity index is 1.78. The number of primary amides is 1. The first-order chi connectivity index (χ1) is 15.4. The van der Waals surface area contributed by atoms with Gasteiger partial charge in [-0.2, -0.15) is 0 Å². The third-order valence-electron chi connectivity index (χ3n) is 5.66. The van der Waals surface area contributed by atoms with E-state index in [2.05, 4.69) is 0 Å². The Morgan fingerprint density at radius 1 is 0.844 bits per heavy atom. The SMILES string of the molecule is NC(=O)c1cccc2c1c1ccc(-c3ccc(Cl)cc3)cc1n2Cc1ccc(F)c(F)c1. The van der Waals surface area contributed by atoms with Crippen LogP contribution in [-0.2, 0) is 6.54 Å². The number of nitrogens with zero attached hydrogens (tertiary/aromatic N) is 1. The standard InChI is InChI=1S/C26H17ClF2N2O/c27-18-8-5-16(6-9-18)17-7-10-19-24(13-17)31(14-15-4-11-21(28)22(29)12-15)23-3-1-2-20(25(19)23)26(30)32/h1-13H,14H2,(H2,30,32). The molecule has 0 unspecified atom stereocenters. The van der Waals surface area contributed by atoms with Crippen molar-refractivity contribution in [3.8, 4) is 11.1 Å². The molecule has 5 aromatic rings. The van der Waals surface area contributed by atoms with Gasteiger partial charge in [-0.25, -0.2) is 8.78 Å². The fourth-order valence-corrected chi connectivity index (χ4v) is 4.29. The number of halogens is 3. The van der Waals surface area contributed by atoms with Crippen LogP contribution in [0.4, 0.5) is 8.78 Å². The fraction of sp³-hybridized carbons (Fsp3) is 0.0385. The largest absolute Gasteiger partial charge is 0.366 e. The van der Waals surface area contributed by atoms with Gasteiger partial charge < -0.3 is 10.3 Å². The number of carbonyl (C=O) groups excluding carboxylic acids is 1. The molecule has 5 rings (SSSR count). The molecule has 0 radical (unpaired) electrons. The summed E-state index contributed by atoms with van der Waals surface area (Å²) in [7, 11) is 0. The Hall–Kier alpha value is -3.70. The van der Waals surface area contributed by atoms with Gasteiger partial charge in [-0.3, -0.25) is 4.79 Å². The zero-order valence-corrected chi connectivity index (χ0v) is 17.5. The minimum Gasteiger partial charge on any atom is -0.366 e. The Morgan fingerprint density at radius 3 is 2.31 bits per heavy atom. The van der Waals surface area contributed by atoms with Gasteiger partial charge in [-0.05, 0) is 59.2 Å². The summed E-state index contributed by atoms with van der Waals surface area (Å²) >= 11 is 6.03. The lowest BCUT2D eigenvalue weighted by molar-refractivity contribution is 0.100. The molecule has 3 nitrogen and oxygen atoms in total. The van der Waals surface area contributed by atoms with Crippen molar-refractivity contribution >= 4 is 39.3 Å². The molecule has 1 amide bonds. The molecule has 2 N–H and O–H groups in total. The van der Waals surface area contributed by atoms with Crippen LogP contribution in [0.2, 0.25) is 5.02 Å². The van der Waals surface area contributed by atoms with Gasteiger partial charge >= 0.3 is 0 Å². The summed E-state index contributed by atoms with van der Waals surface area (Å²) in [4.78, 5) is 12.1. The maximum absolute atomic E-state index is 13.9. The lowest BCUT2D eigenvalue weighted by Crippen LogP contribution is -2.11. The highest BCUT2D eigenvalue weighted by atomic mass is 35.5. The summed E-state index contributed by atoms with van der Waals surface area (Å²) in [5.41, 5.74) is 10.2. The summed E-state index contributed by atoms with van der Waals surface area (Å²) < 4.78 is 29.3. The summed E-state index contributed by atoms with van der Waals surface area (Å²) in [5.74, 6) is -2.32. The summed E-state index contributed by atoms with van der Waals surface area (Å²) in [6, 6.07) is 22.7. The van der Waals surface area contributed by atoms with E-state index in [0.717, 1.165) is 39.0 Å². The fourth-order valence-electron chi connectivity index (χ4n) is 4.16. The molecule has 0 saturated heterocycles. The molecule has 32 heavy (non-hydrogen) atoms. The number of rotatable bonds is 4. The predicted octanol–water partition coefficient (Wildman–Crippen LogP) is 6.54. The lowest BCUT2D eigenvalue weighted by Gasteiger charge is -2.10. The van der Waals surface area contributed by atoms with E-state index in [0.29, 0.717) is 22.7 Å². The quantitative estimate of drug-likeness (QED) is 0.335.